The van der Waals surface area contributed by atoms with Crippen LogP contribution in [-0.4, -0.2) is 29.2 Å². The molecular formula is C14H20N2O. The van der Waals surface area contributed by atoms with E-state index in [1.54, 1.807) is 0 Å². The van der Waals surface area contributed by atoms with E-state index in [1.165, 1.54) is 5.56 Å². The van der Waals surface area contributed by atoms with E-state index >= 15 is 0 Å². The summed E-state index contributed by atoms with van der Waals surface area (Å²) in [6, 6.07) is 12.2. The summed E-state index contributed by atoms with van der Waals surface area (Å²) in [5.41, 5.74) is 1.17. The van der Waals surface area contributed by atoms with Gasteiger partial charge in [0.2, 0.25) is 0 Å². The topological polar surface area (TPSA) is 47.3 Å². The molecule has 0 bridgehead atoms. The van der Waals surface area contributed by atoms with Crippen LogP contribution in [0.25, 0.3) is 0 Å². The van der Waals surface area contributed by atoms with Gasteiger partial charge in [-0.15, -0.1) is 0 Å². The lowest BCUT2D eigenvalue weighted by atomic mass is 10.0. The fourth-order valence-electron chi connectivity index (χ4n) is 1.95. The van der Waals surface area contributed by atoms with Gasteiger partial charge in [0.25, 0.3) is 0 Å². The van der Waals surface area contributed by atoms with E-state index < -0.39 is 0 Å². The monoisotopic (exact) mass is 232 g/mol. The summed E-state index contributed by atoms with van der Waals surface area (Å²) in [6.45, 7) is 5.27. The van der Waals surface area contributed by atoms with Gasteiger partial charge in [0, 0.05) is 12.6 Å². The van der Waals surface area contributed by atoms with Crippen LogP contribution in [0.4, 0.5) is 0 Å². The molecule has 0 aliphatic rings. The predicted molar refractivity (Wildman–Crippen MR) is 68.2 cm³/mol. The highest BCUT2D eigenvalue weighted by Crippen LogP contribution is 2.14. The zero-order valence-corrected chi connectivity index (χ0v) is 10.5. The van der Waals surface area contributed by atoms with Crippen molar-refractivity contribution in [3.05, 3.63) is 35.9 Å². The van der Waals surface area contributed by atoms with Gasteiger partial charge < -0.3 is 5.11 Å². The standard InChI is InChI=1S/C14H20N2O/c1-12(2)14(11-17)16(9-8-15)10-13-6-4-3-5-7-13/h3-7,12,14,17H,9-11H2,1-2H3/t14-/m1/s1. The number of nitrogens with zero attached hydrogens (tertiary/aromatic N) is 2. The zero-order valence-electron chi connectivity index (χ0n) is 10.5. The maximum atomic E-state index is 9.42. The highest BCUT2D eigenvalue weighted by molar-refractivity contribution is 5.14. The van der Waals surface area contributed by atoms with E-state index in [4.69, 9.17) is 5.26 Å². The number of aliphatic hydroxyl groups excluding tert-OH is 1. The van der Waals surface area contributed by atoms with Crippen molar-refractivity contribution in [2.45, 2.75) is 26.4 Å². The Labute approximate surface area is 103 Å². The van der Waals surface area contributed by atoms with Gasteiger partial charge in [-0.25, -0.2) is 0 Å². The average Bonchev–Trinajstić information content (AvgIpc) is 2.31. The second-order valence-corrected chi connectivity index (χ2v) is 4.54. The second kappa shape index (κ2) is 7.05. The lowest BCUT2D eigenvalue weighted by Gasteiger charge is -2.31. The molecule has 0 amide bonds. The summed E-state index contributed by atoms with van der Waals surface area (Å²) in [6.07, 6.45) is 0. The van der Waals surface area contributed by atoms with Crippen LogP contribution < -0.4 is 0 Å². The molecule has 3 heteroatoms. The van der Waals surface area contributed by atoms with Crippen LogP contribution in [0.3, 0.4) is 0 Å². The Hall–Kier alpha value is -1.37. The highest BCUT2D eigenvalue weighted by Gasteiger charge is 2.20. The molecule has 17 heavy (non-hydrogen) atoms. The quantitative estimate of drug-likeness (QED) is 0.763. The first-order valence-electron chi connectivity index (χ1n) is 5.94. The first-order valence-corrected chi connectivity index (χ1v) is 5.94. The lowest BCUT2D eigenvalue weighted by molar-refractivity contribution is 0.0963. The molecule has 0 heterocycles. The molecule has 0 fully saturated rings. The first-order chi connectivity index (χ1) is 8.19. The van der Waals surface area contributed by atoms with Crippen LogP contribution in [0.5, 0.6) is 0 Å². The first kappa shape index (κ1) is 13.7. The van der Waals surface area contributed by atoms with Crippen LogP contribution >= 0.6 is 0 Å². The number of hydrogen-bond acceptors (Lipinski definition) is 3. The number of rotatable bonds is 6. The molecule has 92 valence electrons. The van der Waals surface area contributed by atoms with E-state index in [0.29, 0.717) is 19.0 Å². The van der Waals surface area contributed by atoms with E-state index in [1.807, 2.05) is 35.2 Å². The Kier molecular flexibility index (Phi) is 5.68. The molecule has 1 aromatic carbocycles. The van der Waals surface area contributed by atoms with Crippen LogP contribution in [0.2, 0.25) is 0 Å². The molecule has 0 saturated heterocycles. The van der Waals surface area contributed by atoms with Crippen molar-refractivity contribution in [3.63, 3.8) is 0 Å². The van der Waals surface area contributed by atoms with Gasteiger partial charge in [-0.3, -0.25) is 4.90 Å². The molecule has 0 aliphatic heterocycles. The summed E-state index contributed by atoms with van der Waals surface area (Å²) in [5, 5.41) is 18.3. The Bertz CT molecular complexity index is 356. The van der Waals surface area contributed by atoms with Crippen LogP contribution in [0.1, 0.15) is 19.4 Å². The van der Waals surface area contributed by atoms with Gasteiger partial charge in [-0.1, -0.05) is 44.2 Å². The zero-order chi connectivity index (χ0) is 12.7. The van der Waals surface area contributed by atoms with Gasteiger partial charge in [0.15, 0.2) is 0 Å². The van der Waals surface area contributed by atoms with Crippen molar-refractivity contribution in [2.24, 2.45) is 5.92 Å². The maximum absolute atomic E-state index is 9.42. The van der Waals surface area contributed by atoms with Crippen molar-refractivity contribution in [3.8, 4) is 6.07 Å². The van der Waals surface area contributed by atoms with Crippen molar-refractivity contribution < 1.29 is 5.11 Å². The fraction of sp³-hybridized carbons (Fsp3) is 0.500. The molecule has 0 aliphatic carbocycles. The molecule has 0 saturated carbocycles. The molecule has 0 aromatic heterocycles. The summed E-state index contributed by atoms with van der Waals surface area (Å²) < 4.78 is 0. The molecule has 1 N–H and O–H groups in total. The Morgan fingerprint density at radius 2 is 1.94 bits per heavy atom. The minimum Gasteiger partial charge on any atom is -0.395 e. The second-order valence-electron chi connectivity index (χ2n) is 4.54. The van der Waals surface area contributed by atoms with Gasteiger partial charge in [-0.05, 0) is 11.5 Å². The third-order valence-electron chi connectivity index (χ3n) is 2.93. The smallest absolute Gasteiger partial charge is 0.0872 e. The third kappa shape index (κ3) is 4.18. The predicted octanol–water partition coefficient (Wildman–Crippen LogP) is 2.03. The molecule has 1 atom stereocenters. The fourth-order valence-corrected chi connectivity index (χ4v) is 1.95. The van der Waals surface area contributed by atoms with Crippen molar-refractivity contribution in [1.29, 1.82) is 5.26 Å². The normalized spacial score (nSPS) is 12.7. The molecular weight excluding hydrogens is 212 g/mol. The van der Waals surface area contributed by atoms with Crippen LogP contribution in [-0.2, 0) is 6.54 Å². The third-order valence-corrected chi connectivity index (χ3v) is 2.93. The Morgan fingerprint density at radius 3 is 2.41 bits per heavy atom. The minimum absolute atomic E-state index is 0.0369. The highest BCUT2D eigenvalue weighted by atomic mass is 16.3. The maximum Gasteiger partial charge on any atom is 0.0872 e. The van der Waals surface area contributed by atoms with E-state index in [-0.39, 0.29) is 12.6 Å². The van der Waals surface area contributed by atoms with Crippen molar-refractivity contribution >= 4 is 0 Å². The van der Waals surface area contributed by atoms with E-state index in [2.05, 4.69) is 19.9 Å². The molecule has 0 radical (unpaired) electrons. The summed E-state index contributed by atoms with van der Waals surface area (Å²) in [4.78, 5) is 2.03. The molecule has 3 nitrogen and oxygen atoms in total. The molecule has 1 rings (SSSR count). The van der Waals surface area contributed by atoms with Crippen LogP contribution in [0, 0.1) is 17.2 Å². The SMILES string of the molecule is CC(C)[C@@H](CO)N(CC#N)Cc1ccccc1. The van der Waals surface area contributed by atoms with Gasteiger partial charge in [-0.2, -0.15) is 5.26 Å². The number of benzene rings is 1. The van der Waals surface area contributed by atoms with E-state index in [9.17, 15) is 5.11 Å². The molecule has 0 spiro atoms. The lowest BCUT2D eigenvalue weighted by Crippen LogP contribution is -2.41. The summed E-state index contributed by atoms with van der Waals surface area (Å²) in [7, 11) is 0. The van der Waals surface area contributed by atoms with Gasteiger partial charge in [0.05, 0.1) is 19.2 Å². The summed E-state index contributed by atoms with van der Waals surface area (Å²) >= 11 is 0. The summed E-state index contributed by atoms with van der Waals surface area (Å²) in [5.74, 6) is 0.331. The number of aliphatic hydroxyl groups is 1. The molecule has 1 aromatic rings. The molecule has 0 unspecified atom stereocenters. The number of hydrogen-bond donors (Lipinski definition) is 1. The van der Waals surface area contributed by atoms with Gasteiger partial charge in [0.1, 0.15) is 0 Å². The number of nitriles is 1. The van der Waals surface area contributed by atoms with Crippen molar-refractivity contribution in [2.75, 3.05) is 13.2 Å². The largest absolute Gasteiger partial charge is 0.395 e. The minimum atomic E-state index is 0.0369. The van der Waals surface area contributed by atoms with Crippen molar-refractivity contribution in [1.82, 2.24) is 4.90 Å². The Morgan fingerprint density at radius 1 is 1.29 bits per heavy atom. The Balaban J connectivity index is 2.76. The average molecular weight is 232 g/mol. The van der Waals surface area contributed by atoms with Crippen LogP contribution in [0.15, 0.2) is 30.3 Å². The van der Waals surface area contributed by atoms with Gasteiger partial charge >= 0.3 is 0 Å². The van der Waals surface area contributed by atoms with E-state index in [0.717, 1.165) is 0 Å².